The molecule has 1 aromatic carbocycles. The second-order valence-electron chi connectivity index (χ2n) is 6.90. The molecule has 3 rings (SSSR count). The van der Waals surface area contributed by atoms with Crippen LogP contribution in [0.3, 0.4) is 0 Å². The highest BCUT2D eigenvalue weighted by molar-refractivity contribution is 6.62. The number of rotatable bonds is 4. The van der Waals surface area contributed by atoms with Crippen LogP contribution >= 0.6 is 0 Å². The summed E-state index contributed by atoms with van der Waals surface area (Å²) in [5.74, 6) is 0.143. The van der Waals surface area contributed by atoms with Crippen LogP contribution in [-0.2, 0) is 15.9 Å². The van der Waals surface area contributed by atoms with E-state index in [1.807, 2.05) is 52.0 Å². The Morgan fingerprint density at radius 3 is 2.25 bits per heavy atom. The van der Waals surface area contributed by atoms with Crippen LogP contribution in [0.15, 0.2) is 42.6 Å². The average Bonchev–Trinajstić information content (AvgIpc) is 2.75. The Labute approximate surface area is 142 Å². The molecule has 6 heteroatoms. The molecule has 0 atom stereocenters. The third-order valence-electron chi connectivity index (χ3n) is 4.64. The standard InChI is InChI=1S/C18H21BFNO3/c1-17(2)18(3,4)24-19(23-17)14-7-9-15(10-8-14)22-12-13-6-5-11-21-16(13)20/h5-11H,12H2,1-4H3. The van der Waals surface area contributed by atoms with Crippen molar-refractivity contribution in [3.63, 3.8) is 0 Å². The monoisotopic (exact) mass is 329 g/mol. The van der Waals surface area contributed by atoms with E-state index in [0.29, 0.717) is 11.3 Å². The maximum absolute atomic E-state index is 13.5. The van der Waals surface area contributed by atoms with Gasteiger partial charge in [-0.15, -0.1) is 0 Å². The fraction of sp³-hybridized carbons (Fsp3) is 0.389. The molecule has 2 heterocycles. The van der Waals surface area contributed by atoms with Gasteiger partial charge in [0.2, 0.25) is 5.95 Å². The lowest BCUT2D eigenvalue weighted by molar-refractivity contribution is 0.00578. The van der Waals surface area contributed by atoms with Crippen LogP contribution in [0, 0.1) is 5.95 Å². The van der Waals surface area contributed by atoms with Gasteiger partial charge < -0.3 is 14.0 Å². The molecule has 0 radical (unpaired) electrons. The second-order valence-corrected chi connectivity index (χ2v) is 6.90. The zero-order valence-corrected chi connectivity index (χ0v) is 14.4. The number of pyridine rings is 1. The average molecular weight is 329 g/mol. The SMILES string of the molecule is CC1(C)OB(c2ccc(OCc3cccnc3F)cc2)OC1(C)C. The molecule has 2 aromatic rings. The molecule has 0 spiro atoms. The smallest absolute Gasteiger partial charge is 0.489 e. The molecule has 1 aromatic heterocycles. The van der Waals surface area contributed by atoms with Gasteiger partial charge in [-0.05, 0) is 57.4 Å². The molecular formula is C18H21BFNO3. The van der Waals surface area contributed by atoms with Crippen LogP contribution in [0.1, 0.15) is 33.3 Å². The minimum atomic E-state index is -0.508. The number of nitrogens with zero attached hydrogens (tertiary/aromatic N) is 1. The number of aromatic nitrogens is 1. The van der Waals surface area contributed by atoms with Gasteiger partial charge >= 0.3 is 7.12 Å². The summed E-state index contributed by atoms with van der Waals surface area (Å²) < 4.78 is 31.1. The first-order valence-corrected chi connectivity index (χ1v) is 7.96. The van der Waals surface area contributed by atoms with Crippen molar-refractivity contribution in [1.82, 2.24) is 4.98 Å². The summed E-state index contributed by atoms with van der Waals surface area (Å²) in [6.45, 7) is 8.22. The third kappa shape index (κ3) is 3.30. The van der Waals surface area contributed by atoms with Gasteiger partial charge in [0.15, 0.2) is 0 Å². The van der Waals surface area contributed by atoms with E-state index >= 15 is 0 Å². The molecule has 0 saturated carbocycles. The quantitative estimate of drug-likeness (QED) is 0.638. The van der Waals surface area contributed by atoms with E-state index in [2.05, 4.69) is 4.98 Å². The van der Waals surface area contributed by atoms with Crippen molar-refractivity contribution in [2.45, 2.75) is 45.5 Å². The van der Waals surface area contributed by atoms with E-state index in [1.54, 1.807) is 12.1 Å². The number of benzene rings is 1. The van der Waals surface area contributed by atoms with Crippen molar-refractivity contribution in [3.8, 4) is 5.75 Å². The fourth-order valence-electron chi connectivity index (χ4n) is 2.39. The largest absolute Gasteiger partial charge is 0.494 e. The zero-order chi connectivity index (χ0) is 17.4. The van der Waals surface area contributed by atoms with Crippen molar-refractivity contribution in [2.24, 2.45) is 0 Å². The molecule has 0 bridgehead atoms. The number of hydrogen-bond donors (Lipinski definition) is 0. The molecule has 1 aliphatic heterocycles. The lowest BCUT2D eigenvalue weighted by Gasteiger charge is -2.32. The van der Waals surface area contributed by atoms with Gasteiger partial charge in [-0.2, -0.15) is 4.39 Å². The third-order valence-corrected chi connectivity index (χ3v) is 4.64. The first kappa shape index (κ1) is 16.9. The predicted octanol–water partition coefficient (Wildman–Crippen LogP) is 3.10. The van der Waals surface area contributed by atoms with Gasteiger partial charge in [0.25, 0.3) is 0 Å². The molecule has 126 valence electrons. The van der Waals surface area contributed by atoms with E-state index in [1.165, 1.54) is 6.20 Å². The second kappa shape index (κ2) is 6.18. The van der Waals surface area contributed by atoms with Crippen molar-refractivity contribution >= 4 is 12.6 Å². The highest BCUT2D eigenvalue weighted by Crippen LogP contribution is 2.36. The summed E-state index contributed by atoms with van der Waals surface area (Å²) in [4.78, 5) is 3.61. The predicted molar refractivity (Wildman–Crippen MR) is 90.7 cm³/mol. The Hall–Kier alpha value is -1.92. The molecule has 1 saturated heterocycles. The molecule has 0 amide bonds. The van der Waals surface area contributed by atoms with Gasteiger partial charge in [-0.25, -0.2) is 4.98 Å². The first-order chi connectivity index (χ1) is 11.3. The molecule has 1 fully saturated rings. The molecule has 1 aliphatic rings. The molecule has 0 aliphatic carbocycles. The first-order valence-electron chi connectivity index (χ1n) is 7.96. The Balaban J connectivity index is 1.65. The van der Waals surface area contributed by atoms with Crippen LogP contribution in [-0.4, -0.2) is 23.3 Å². The molecular weight excluding hydrogens is 308 g/mol. The van der Waals surface area contributed by atoms with Gasteiger partial charge in [0, 0.05) is 11.8 Å². The number of halogens is 1. The Morgan fingerprint density at radius 1 is 1.04 bits per heavy atom. The topological polar surface area (TPSA) is 40.6 Å². The Morgan fingerprint density at radius 2 is 1.67 bits per heavy atom. The van der Waals surface area contributed by atoms with Gasteiger partial charge in [0.05, 0.1) is 11.2 Å². The van der Waals surface area contributed by atoms with Crippen LogP contribution in [0.25, 0.3) is 0 Å². The maximum Gasteiger partial charge on any atom is 0.494 e. The Kier molecular flexibility index (Phi) is 4.36. The highest BCUT2D eigenvalue weighted by Gasteiger charge is 2.51. The lowest BCUT2D eigenvalue weighted by Crippen LogP contribution is -2.41. The van der Waals surface area contributed by atoms with E-state index in [9.17, 15) is 4.39 Å². The Bertz CT molecular complexity index is 702. The molecule has 0 N–H and O–H groups in total. The maximum atomic E-state index is 13.5. The lowest BCUT2D eigenvalue weighted by atomic mass is 9.79. The number of hydrogen-bond acceptors (Lipinski definition) is 4. The summed E-state index contributed by atoms with van der Waals surface area (Å²) in [6.07, 6.45) is 1.41. The fourth-order valence-corrected chi connectivity index (χ4v) is 2.39. The van der Waals surface area contributed by atoms with E-state index in [4.69, 9.17) is 14.0 Å². The molecule has 24 heavy (non-hydrogen) atoms. The van der Waals surface area contributed by atoms with Gasteiger partial charge in [-0.3, -0.25) is 0 Å². The van der Waals surface area contributed by atoms with Crippen LogP contribution < -0.4 is 10.2 Å². The van der Waals surface area contributed by atoms with Crippen LogP contribution in [0.5, 0.6) is 5.75 Å². The number of ether oxygens (including phenoxy) is 1. The van der Waals surface area contributed by atoms with E-state index in [-0.39, 0.29) is 17.8 Å². The zero-order valence-electron chi connectivity index (χ0n) is 14.4. The van der Waals surface area contributed by atoms with Crippen molar-refractivity contribution < 1.29 is 18.4 Å². The van der Waals surface area contributed by atoms with E-state index < -0.39 is 13.1 Å². The summed E-state index contributed by atoms with van der Waals surface area (Å²) in [7, 11) is -0.403. The van der Waals surface area contributed by atoms with Crippen LogP contribution in [0.2, 0.25) is 0 Å². The van der Waals surface area contributed by atoms with Gasteiger partial charge in [0.1, 0.15) is 12.4 Å². The van der Waals surface area contributed by atoms with Crippen molar-refractivity contribution in [3.05, 3.63) is 54.1 Å². The highest BCUT2D eigenvalue weighted by atomic mass is 19.1. The summed E-state index contributed by atoms with van der Waals surface area (Å²) >= 11 is 0. The van der Waals surface area contributed by atoms with E-state index in [0.717, 1.165) is 5.46 Å². The molecule has 4 nitrogen and oxygen atoms in total. The van der Waals surface area contributed by atoms with Crippen molar-refractivity contribution in [1.29, 1.82) is 0 Å². The summed E-state index contributed by atoms with van der Waals surface area (Å²) in [5, 5.41) is 0. The minimum Gasteiger partial charge on any atom is -0.489 e. The summed E-state index contributed by atoms with van der Waals surface area (Å²) in [6, 6.07) is 10.8. The summed E-state index contributed by atoms with van der Waals surface area (Å²) in [5.41, 5.74) is 0.608. The van der Waals surface area contributed by atoms with Gasteiger partial charge in [-0.1, -0.05) is 12.1 Å². The minimum absolute atomic E-state index is 0.134. The normalized spacial score (nSPS) is 18.6. The molecule has 0 unspecified atom stereocenters. The van der Waals surface area contributed by atoms with Crippen LogP contribution in [0.4, 0.5) is 4.39 Å². The van der Waals surface area contributed by atoms with Crippen molar-refractivity contribution in [2.75, 3.05) is 0 Å².